The number of hydrogen-bond donors (Lipinski definition) is 1. The summed E-state index contributed by atoms with van der Waals surface area (Å²) in [5, 5.41) is 5.27. The Kier molecular flexibility index (Phi) is 4.68. The van der Waals surface area contributed by atoms with Gasteiger partial charge in [-0.25, -0.2) is 17.9 Å². The highest BCUT2D eigenvalue weighted by molar-refractivity contribution is 7.89. The molecule has 158 valence electrons. The van der Waals surface area contributed by atoms with Crippen LogP contribution in [0.15, 0.2) is 65.6 Å². The number of benzene rings is 3. The quantitative estimate of drug-likeness (QED) is 0.683. The highest BCUT2D eigenvalue weighted by Crippen LogP contribution is 2.36. The number of sulfonamides is 1. The van der Waals surface area contributed by atoms with Gasteiger partial charge in [-0.3, -0.25) is 4.79 Å². The molecular formula is C24H21FN2O3S. The first-order valence-corrected chi connectivity index (χ1v) is 11.7. The van der Waals surface area contributed by atoms with Crippen LogP contribution in [0.25, 0.3) is 11.1 Å². The fourth-order valence-electron chi connectivity index (χ4n) is 4.64. The Balaban J connectivity index is 1.40. The molecule has 0 spiro atoms. The molecule has 2 N–H and O–H groups in total. The summed E-state index contributed by atoms with van der Waals surface area (Å²) in [6.07, 6.45) is 1.88. The van der Waals surface area contributed by atoms with Gasteiger partial charge in [0.1, 0.15) is 5.82 Å². The van der Waals surface area contributed by atoms with E-state index in [1.54, 1.807) is 29.2 Å². The minimum absolute atomic E-state index is 0.00943. The number of primary sulfonamides is 1. The standard InChI is InChI=1S/C24H21FN2O3S/c25-22-4-2-1-3-21(22)17-6-5-16-11-19(13-18(16)12-17)24(28)27-10-9-15-7-8-20(14-23(15)27)31(26,29)30/h1-8,12,14,19H,9-11,13H2,(H2,26,29,30)/t19-/m0/s1. The lowest BCUT2D eigenvalue weighted by Crippen LogP contribution is -2.35. The highest BCUT2D eigenvalue weighted by atomic mass is 32.2. The molecule has 0 saturated carbocycles. The van der Waals surface area contributed by atoms with Gasteiger partial charge in [0.2, 0.25) is 15.9 Å². The van der Waals surface area contributed by atoms with Crippen LogP contribution in [0.4, 0.5) is 10.1 Å². The molecule has 1 heterocycles. The fourth-order valence-corrected chi connectivity index (χ4v) is 5.17. The Morgan fingerprint density at radius 1 is 0.968 bits per heavy atom. The summed E-state index contributed by atoms with van der Waals surface area (Å²) >= 11 is 0. The van der Waals surface area contributed by atoms with Crippen molar-refractivity contribution >= 4 is 21.6 Å². The molecule has 0 radical (unpaired) electrons. The summed E-state index contributed by atoms with van der Waals surface area (Å²) < 4.78 is 37.7. The van der Waals surface area contributed by atoms with Crippen molar-refractivity contribution in [3.63, 3.8) is 0 Å². The van der Waals surface area contributed by atoms with Crippen molar-refractivity contribution in [3.05, 3.63) is 83.2 Å². The topological polar surface area (TPSA) is 80.5 Å². The van der Waals surface area contributed by atoms with Crippen LogP contribution in [-0.2, 0) is 34.1 Å². The number of fused-ring (bicyclic) bond motifs is 2. The predicted molar refractivity (Wildman–Crippen MR) is 117 cm³/mol. The minimum Gasteiger partial charge on any atom is -0.312 e. The van der Waals surface area contributed by atoms with Crippen molar-refractivity contribution in [2.75, 3.05) is 11.4 Å². The molecule has 1 atom stereocenters. The van der Waals surface area contributed by atoms with Gasteiger partial charge in [-0.05, 0) is 59.7 Å². The minimum atomic E-state index is -3.84. The third-order valence-corrected chi connectivity index (χ3v) is 7.13. The molecule has 0 unspecified atom stereocenters. The van der Waals surface area contributed by atoms with E-state index in [9.17, 15) is 17.6 Å². The molecule has 1 aliphatic heterocycles. The summed E-state index contributed by atoms with van der Waals surface area (Å²) in [6, 6.07) is 17.2. The number of amides is 1. The molecule has 3 aromatic carbocycles. The molecule has 31 heavy (non-hydrogen) atoms. The van der Waals surface area contributed by atoms with E-state index in [-0.39, 0.29) is 22.5 Å². The van der Waals surface area contributed by atoms with Gasteiger partial charge in [-0.1, -0.05) is 42.5 Å². The van der Waals surface area contributed by atoms with E-state index in [0.29, 0.717) is 37.1 Å². The second-order valence-electron chi connectivity index (χ2n) is 8.14. The first kappa shape index (κ1) is 19.9. The van der Waals surface area contributed by atoms with Gasteiger partial charge in [0, 0.05) is 23.7 Å². The number of anilines is 1. The van der Waals surface area contributed by atoms with E-state index in [2.05, 4.69) is 0 Å². The first-order chi connectivity index (χ1) is 14.8. The van der Waals surface area contributed by atoms with Crippen molar-refractivity contribution in [3.8, 4) is 11.1 Å². The van der Waals surface area contributed by atoms with Crippen LogP contribution in [0.5, 0.6) is 0 Å². The number of carbonyl (C=O) groups is 1. The van der Waals surface area contributed by atoms with Gasteiger partial charge in [0.15, 0.2) is 0 Å². The van der Waals surface area contributed by atoms with Crippen LogP contribution in [-0.4, -0.2) is 20.9 Å². The highest BCUT2D eigenvalue weighted by Gasteiger charge is 2.34. The van der Waals surface area contributed by atoms with E-state index < -0.39 is 10.0 Å². The lowest BCUT2D eigenvalue weighted by atomic mass is 10.0. The molecule has 1 amide bonds. The van der Waals surface area contributed by atoms with Crippen LogP contribution >= 0.6 is 0 Å². The predicted octanol–water partition coefficient (Wildman–Crippen LogP) is 3.44. The van der Waals surface area contributed by atoms with Crippen molar-refractivity contribution < 1.29 is 17.6 Å². The first-order valence-electron chi connectivity index (χ1n) is 10.1. The molecule has 5 rings (SSSR count). The maximum Gasteiger partial charge on any atom is 0.238 e. The smallest absolute Gasteiger partial charge is 0.238 e. The van der Waals surface area contributed by atoms with Crippen LogP contribution in [0, 0.1) is 11.7 Å². The van der Waals surface area contributed by atoms with Gasteiger partial charge in [-0.15, -0.1) is 0 Å². The number of nitrogens with two attached hydrogens (primary N) is 1. The van der Waals surface area contributed by atoms with Crippen molar-refractivity contribution in [2.45, 2.75) is 24.2 Å². The van der Waals surface area contributed by atoms with E-state index in [1.807, 2.05) is 18.2 Å². The van der Waals surface area contributed by atoms with Crippen LogP contribution in [0.1, 0.15) is 16.7 Å². The molecule has 3 aromatic rings. The number of carbonyl (C=O) groups excluding carboxylic acids is 1. The largest absolute Gasteiger partial charge is 0.312 e. The van der Waals surface area contributed by atoms with Gasteiger partial charge in [0.05, 0.1) is 4.90 Å². The van der Waals surface area contributed by atoms with Gasteiger partial charge >= 0.3 is 0 Å². The van der Waals surface area contributed by atoms with Gasteiger partial charge in [-0.2, -0.15) is 0 Å². The van der Waals surface area contributed by atoms with Crippen LogP contribution in [0.3, 0.4) is 0 Å². The summed E-state index contributed by atoms with van der Waals surface area (Å²) in [5.74, 6) is -0.517. The summed E-state index contributed by atoms with van der Waals surface area (Å²) in [4.78, 5) is 15.0. The number of halogens is 1. The Morgan fingerprint density at radius 2 is 1.71 bits per heavy atom. The zero-order valence-corrected chi connectivity index (χ0v) is 17.5. The van der Waals surface area contributed by atoms with Crippen molar-refractivity contribution in [2.24, 2.45) is 11.1 Å². The zero-order chi connectivity index (χ0) is 21.8. The normalized spacial score (nSPS) is 17.5. The number of nitrogens with zero attached hydrogens (tertiary/aromatic N) is 1. The lowest BCUT2D eigenvalue weighted by Gasteiger charge is -2.21. The van der Waals surface area contributed by atoms with Crippen molar-refractivity contribution in [1.29, 1.82) is 0 Å². The van der Waals surface area contributed by atoms with Crippen molar-refractivity contribution in [1.82, 2.24) is 0 Å². The molecular weight excluding hydrogens is 415 g/mol. The van der Waals surface area contributed by atoms with Crippen LogP contribution in [0.2, 0.25) is 0 Å². The van der Waals surface area contributed by atoms with E-state index >= 15 is 0 Å². The van der Waals surface area contributed by atoms with Gasteiger partial charge < -0.3 is 4.90 Å². The molecule has 5 nitrogen and oxygen atoms in total. The lowest BCUT2D eigenvalue weighted by molar-refractivity contribution is -0.122. The van der Waals surface area contributed by atoms with E-state index in [4.69, 9.17) is 5.14 Å². The maximum atomic E-state index is 14.2. The molecule has 0 aromatic heterocycles. The van der Waals surface area contributed by atoms with Crippen LogP contribution < -0.4 is 10.0 Å². The van der Waals surface area contributed by atoms with E-state index in [1.165, 1.54) is 18.2 Å². The monoisotopic (exact) mass is 436 g/mol. The Labute approximate surface area is 180 Å². The molecule has 0 fully saturated rings. The average Bonchev–Trinajstić information content (AvgIpc) is 3.36. The second-order valence-corrected chi connectivity index (χ2v) is 9.71. The summed E-state index contributed by atoms with van der Waals surface area (Å²) in [7, 11) is -3.84. The molecule has 2 aliphatic rings. The number of rotatable bonds is 3. The fraction of sp³-hybridized carbons (Fsp3) is 0.208. The third-order valence-electron chi connectivity index (χ3n) is 6.22. The molecule has 0 bridgehead atoms. The SMILES string of the molecule is NS(=O)(=O)c1ccc2c(c1)N(C(=O)[C@H]1Cc3ccc(-c4ccccc4F)cc3C1)CC2. The second kappa shape index (κ2) is 7.28. The zero-order valence-electron chi connectivity index (χ0n) is 16.7. The Bertz CT molecular complexity index is 1320. The summed E-state index contributed by atoms with van der Waals surface area (Å²) in [6.45, 7) is 0.523. The Hall–Kier alpha value is -3.03. The van der Waals surface area contributed by atoms with Gasteiger partial charge in [0.25, 0.3) is 0 Å². The molecule has 0 saturated heterocycles. The molecule has 7 heteroatoms. The molecule has 1 aliphatic carbocycles. The van der Waals surface area contributed by atoms with E-state index in [0.717, 1.165) is 22.3 Å². The third kappa shape index (κ3) is 3.54. The average molecular weight is 437 g/mol. The Morgan fingerprint density at radius 3 is 2.48 bits per heavy atom. The summed E-state index contributed by atoms with van der Waals surface area (Å²) in [5.41, 5.74) is 5.06. The maximum absolute atomic E-state index is 14.2. The number of hydrogen-bond acceptors (Lipinski definition) is 3.